The molecule has 2 unspecified atom stereocenters. The molecule has 0 spiro atoms. The monoisotopic (exact) mass is 294 g/mol. The number of urea groups is 1. The number of nitrogens with zero attached hydrogens (tertiary/aromatic N) is 1. The largest absolute Gasteiger partial charge is 1.00 e. The van der Waals surface area contributed by atoms with Gasteiger partial charge in [-0.3, -0.25) is 10.1 Å². The van der Waals surface area contributed by atoms with Crippen molar-refractivity contribution in [3.8, 4) is 0 Å². The molecule has 0 aromatic heterocycles. The Morgan fingerprint density at radius 1 is 1.42 bits per heavy atom. The Morgan fingerprint density at radius 3 is 2.53 bits per heavy atom. The second-order valence-corrected chi connectivity index (χ2v) is 5.82. The zero-order valence-corrected chi connectivity index (χ0v) is 14.8. The van der Waals surface area contributed by atoms with Gasteiger partial charge in [0.1, 0.15) is 0 Å². The molecule has 0 saturated heterocycles. The number of thioether (sulfide) groups is 1. The van der Waals surface area contributed by atoms with E-state index in [1.54, 1.807) is 18.7 Å². The minimum atomic E-state index is -1.19. The van der Waals surface area contributed by atoms with Gasteiger partial charge in [-0.2, -0.15) is 11.8 Å². The van der Waals surface area contributed by atoms with Gasteiger partial charge in [-0.1, -0.05) is 27.2 Å². The summed E-state index contributed by atoms with van der Waals surface area (Å²) >= 11 is 1.59. The van der Waals surface area contributed by atoms with Gasteiger partial charge >= 0.3 is 35.6 Å². The zero-order chi connectivity index (χ0) is 13.8. The molecule has 1 N–H and O–H groups in total. The number of hydrogen-bond acceptors (Lipinski definition) is 4. The molecule has 0 saturated carbocycles. The maximum atomic E-state index is 12.0. The van der Waals surface area contributed by atoms with Crippen molar-refractivity contribution in [2.75, 3.05) is 5.75 Å². The Kier molecular flexibility index (Phi) is 8.27. The van der Waals surface area contributed by atoms with E-state index < -0.39 is 23.3 Å². The predicted molar refractivity (Wildman–Crippen MR) is 70.5 cm³/mol. The molecular weight excluding hydrogens is 275 g/mol. The van der Waals surface area contributed by atoms with Gasteiger partial charge in [-0.25, -0.2) is 9.79 Å². The van der Waals surface area contributed by atoms with Crippen molar-refractivity contribution in [3.05, 3.63) is 0 Å². The molecule has 19 heavy (non-hydrogen) atoms. The minimum Gasteiger partial charge on any atom is -0.861 e. The normalized spacial score (nSPS) is 24.3. The van der Waals surface area contributed by atoms with Crippen molar-refractivity contribution in [1.82, 2.24) is 5.32 Å². The van der Waals surface area contributed by atoms with Gasteiger partial charge in [-0.15, -0.1) is 0 Å². The van der Waals surface area contributed by atoms with E-state index in [1.165, 1.54) is 0 Å². The van der Waals surface area contributed by atoms with Crippen LogP contribution in [0.15, 0.2) is 4.99 Å². The van der Waals surface area contributed by atoms with Crippen molar-refractivity contribution in [1.29, 1.82) is 0 Å². The average Bonchev–Trinajstić information content (AvgIpc) is 2.29. The molecule has 0 bridgehead atoms. The van der Waals surface area contributed by atoms with E-state index in [4.69, 9.17) is 0 Å². The van der Waals surface area contributed by atoms with Gasteiger partial charge in [-0.05, 0) is 24.5 Å². The van der Waals surface area contributed by atoms with Crippen LogP contribution in [0.25, 0.3) is 0 Å². The smallest absolute Gasteiger partial charge is 0.861 e. The van der Waals surface area contributed by atoms with Crippen LogP contribution in [0.1, 0.15) is 40.0 Å². The fraction of sp³-hybridized carbons (Fsp3) is 0.750. The van der Waals surface area contributed by atoms with E-state index in [0.29, 0.717) is 6.42 Å². The molecular formula is C12H19N2NaO3S. The zero-order valence-electron chi connectivity index (χ0n) is 12.0. The second-order valence-electron chi connectivity index (χ2n) is 4.37. The Balaban J connectivity index is 0.00000324. The summed E-state index contributed by atoms with van der Waals surface area (Å²) in [6.45, 7) is 5.72. The maximum absolute atomic E-state index is 12.0. The van der Waals surface area contributed by atoms with Gasteiger partial charge < -0.3 is 5.11 Å². The van der Waals surface area contributed by atoms with Crippen LogP contribution in [0, 0.1) is 5.41 Å². The van der Waals surface area contributed by atoms with Crippen molar-refractivity contribution >= 4 is 29.6 Å². The van der Waals surface area contributed by atoms with Gasteiger partial charge in [0, 0.05) is 5.25 Å². The van der Waals surface area contributed by atoms with Gasteiger partial charge in [0.2, 0.25) is 5.91 Å². The molecule has 0 aliphatic carbocycles. The molecule has 102 valence electrons. The molecule has 1 heterocycles. The summed E-state index contributed by atoms with van der Waals surface area (Å²) in [5, 5.41) is 13.9. The molecule has 0 radical (unpaired) electrons. The first-order chi connectivity index (χ1) is 8.48. The van der Waals surface area contributed by atoms with E-state index in [9.17, 15) is 14.7 Å². The Bertz CT molecular complexity index is 376. The number of nitrogens with one attached hydrogen (secondary N) is 1. The van der Waals surface area contributed by atoms with E-state index in [-0.39, 0.29) is 34.8 Å². The molecule has 1 aliphatic rings. The summed E-state index contributed by atoms with van der Waals surface area (Å²) < 4.78 is 0. The number of carbonyl (C=O) groups excluding carboxylic acids is 2. The van der Waals surface area contributed by atoms with Gasteiger partial charge in [0.25, 0.3) is 0 Å². The minimum absolute atomic E-state index is 0. The SMILES string of the molecule is CCCCSC(C)C1(CC)C(=O)NC(=O)N=C1[O-].[Na+]. The van der Waals surface area contributed by atoms with Crippen LogP contribution in [0.2, 0.25) is 0 Å². The third-order valence-corrected chi connectivity index (χ3v) is 4.75. The van der Waals surface area contributed by atoms with Crippen LogP contribution in [-0.4, -0.2) is 28.8 Å². The van der Waals surface area contributed by atoms with E-state index in [2.05, 4.69) is 17.2 Å². The predicted octanol–water partition coefficient (Wildman–Crippen LogP) is -1.68. The first-order valence-corrected chi connectivity index (χ1v) is 7.27. The molecule has 0 aromatic rings. The number of unbranched alkanes of at least 4 members (excludes halogenated alkanes) is 1. The summed E-state index contributed by atoms with van der Waals surface area (Å²) in [6.07, 6.45) is 2.47. The Morgan fingerprint density at radius 2 is 2.05 bits per heavy atom. The summed E-state index contributed by atoms with van der Waals surface area (Å²) in [6, 6.07) is -0.847. The number of amides is 3. The Hall–Kier alpha value is -0.0400. The van der Waals surface area contributed by atoms with E-state index in [1.807, 2.05) is 6.92 Å². The van der Waals surface area contributed by atoms with Crippen LogP contribution in [0.3, 0.4) is 0 Å². The van der Waals surface area contributed by atoms with Gasteiger partial charge in [0.15, 0.2) is 0 Å². The fourth-order valence-electron chi connectivity index (χ4n) is 2.03. The number of rotatable bonds is 6. The van der Waals surface area contributed by atoms with Crippen molar-refractivity contribution < 1.29 is 44.3 Å². The first kappa shape index (κ1) is 19.0. The van der Waals surface area contributed by atoms with Crippen molar-refractivity contribution in [2.24, 2.45) is 10.4 Å². The van der Waals surface area contributed by atoms with Crippen LogP contribution >= 0.6 is 11.8 Å². The summed E-state index contributed by atoms with van der Waals surface area (Å²) in [5.41, 5.74) is -1.19. The van der Waals surface area contributed by atoms with Crippen molar-refractivity contribution in [3.63, 3.8) is 0 Å². The molecule has 2 atom stereocenters. The number of carbonyl (C=O) groups is 2. The van der Waals surface area contributed by atoms with E-state index >= 15 is 0 Å². The molecule has 7 heteroatoms. The number of imide groups is 1. The van der Waals surface area contributed by atoms with Crippen molar-refractivity contribution in [2.45, 2.75) is 45.3 Å². The van der Waals surface area contributed by atoms with Gasteiger partial charge in [0.05, 0.1) is 5.41 Å². The van der Waals surface area contributed by atoms with Crippen LogP contribution in [0.4, 0.5) is 4.79 Å². The first-order valence-electron chi connectivity index (χ1n) is 6.22. The standard InChI is InChI=1S/C12H20N2O3S.Na/c1-4-6-7-18-8(3)12(5-2)9(15)13-11(17)14-10(12)16;/h8H,4-7H2,1-3H3,(H2,13,14,15,16,17);/q;+1/p-1. The number of hydrogen-bond donors (Lipinski definition) is 1. The third-order valence-electron chi connectivity index (χ3n) is 3.33. The summed E-state index contributed by atoms with van der Waals surface area (Å²) in [5.74, 6) is -0.213. The topological polar surface area (TPSA) is 81.6 Å². The average molecular weight is 294 g/mol. The molecule has 0 fully saturated rings. The molecule has 3 amide bonds. The second kappa shape index (κ2) is 8.29. The maximum Gasteiger partial charge on any atom is 1.00 e. The van der Waals surface area contributed by atoms with Crippen LogP contribution in [0.5, 0.6) is 0 Å². The quantitative estimate of drug-likeness (QED) is 0.468. The number of aliphatic imine (C=N–C) groups is 1. The molecule has 1 aliphatic heterocycles. The molecule has 5 nitrogen and oxygen atoms in total. The third kappa shape index (κ3) is 3.97. The van der Waals surface area contributed by atoms with Crippen LogP contribution in [-0.2, 0) is 4.79 Å². The molecule has 0 aromatic carbocycles. The Labute approximate surface area is 140 Å². The summed E-state index contributed by atoms with van der Waals surface area (Å²) in [4.78, 5) is 26.4. The summed E-state index contributed by atoms with van der Waals surface area (Å²) in [7, 11) is 0. The van der Waals surface area contributed by atoms with Crippen LogP contribution < -0.4 is 40.0 Å². The van der Waals surface area contributed by atoms with E-state index in [0.717, 1.165) is 18.6 Å². The fourth-order valence-corrected chi connectivity index (χ4v) is 3.50. The molecule has 1 rings (SSSR count).